The standard InChI is InChI=1S/C22H21F3N6O3S/c1-30(2)18(32)8-9-26-19(33)12-4-7-16-15(10-12)27-20(31(16)3)29-21-28-14-6-5-13(11-17(14)35-21)34-22(23,24)25/h4-7,10-11H,8-9H2,1-3H3,(H,26,33)(H,27,28,29). The van der Waals surface area contributed by atoms with Crippen LogP contribution in [0.2, 0.25) is 0 Å². The van der Waals surface area contributed by atoms with Crippen molar-refractivity contribution in [3.63, 3.8) is 0 Å². The molecule has 13 heteroatoms. The number of fused-ring (bicyclic) bond motifs is 2. The zero-order valence-corrected chi connectivity index (χ0v) is 19.8. The van der Waals surface area contributed by atoms with Gasteiger partial charge in [0.2, 0.25) is 11.9 Å². The van der Waals surface area contributed by atoms with Crippen molar-refractivity contribution >= 4 is 55.5 Å². The van der Waals surface area contributed by atoms with Crippen LogP contribution in [0, 0.1) is 0 Å². The highest BCUT2D eigenvalue weighted by Crippen LogP contribution is 2.33. The fourth-order valence-electron chi connectivity index (χ4n) is 3.31. The molecular formula is C22H21F3N6O3S. The average Bonchev–Trinajstić information content (AvgIpc) is 3.31. The summed E-state index contributed by atoms with van der Waals surface area (Å²) in [6.07, 6.45) is -4.57. The van der Waals surface area contributed by atoms with Gasteiger partial charge in [-0.1, -0.05) is 11.3 Å². The third kappa shape index (κ3) is 5.62. The monoisotopic (exact) mass is 506 g/mol. The topological polar surface area (TPSA) is 101 Å². The molecule has 35 heavy (non-hydrogen) atoms. The van der Waals surface area contributed by atoms with Crippen LogP contribution in [0.1, 0.15) is 16.8 Å². The normalized spacial score (nSPS) is 11.6. The number of hydrogen-bond donors (Lipinski definition) is 2. The first kappa shape index (κ1) is 24.3. The van der Waals surface area contributed by atoms with Crippen molar-refractivity contribution in [1.29, 1.82) is 0 Å². The zero-order valence-electron chi connectivity index (χ0n) is 18.9. The number of thiazole rings is 1. The molecule has 0 saturated heterocycles. The van der Waals surface area contributed by atoms with Crippen molar-refractivity contribution in [3.05, 3.63) is 42.0 Å². The molecule has 0 saturated carbocycles. The molecule has 0 fully saturated rings. The number of amides is 2. The Labute approximate surface area is 201 Å². The Bertz CT molecular complexity index is 1410. The Morgan fingerprint density at radius 3 is 2.60 bits per heavy atom. The van der Waals surface area contributed by atoms with Crippen LogP contribution in [0.3, 0.4) is 0 Å². The Morgan fingerprint density at radius 2 is 1.89 bits per heavy atom. The molecule has 2 heterocycles. The fraction of sp³-hybridized carbons (Fsp3) is 0.273. The van der Waals surface area contributed by atoms with Gasteiger partial charge in [0.05, 0.1) is 21.3 Å². The lowest BCUT2D eigenvalue weighted by Gasteiger charge is -2.10. The number of carbonyl (C=O) groups is 2. The van der Waals surface area contributed by atoms with Gasteiger partial charge in [-0.25, -0.2) is 9.97 Å². The van der Waals surface area contributed by atoms with E-state index in [1.165, 1.54) is 23.1 Å². The molecule has 0 aliphatic carbocycles. The van der Waals surface area contributed by atoms with E-state index in [1.807, 2.05) is 0 Å². The lowest BCUT2D eigenvalue weighted by Crippen LogP contribution is -2.30. The van der Waals surface area contributed by atoms with Gasteiger partial charge in [-0.05, 0) is 30.3 Å². The number of nitrogens with zero attached hydrogens (tertiary/aromatic N) is 4. The molecule has 2 amide bonds. The van der Waals surface area contributed by atoms with Gasteiger partial charge in [0.25, 0.3) is 5.91 Å². The summed E-state index contributed by atoms with van der Waals surface area (Å²) in [7, 11) is 5.09. The average molecular weight is 507 g/mol. The second-order valence-electron chi connectivity index (χ2n) is 7.81. The van der Waals surface area contributed by atoms with E-state index in [-0.39, 0.29) is 30.5 Å². The molecule has 0 aliphatic rings. The van der Waals surface area contributed by atoms with Crippen LogP contribution < -0.4 is 15.4 Å². The Balaban J connectivity index is 1.50. The van der Waals surface area contributed by atoms with Crippen LogP contribution in [0.5, 0.6) is 5.75 Å². The number of anilines is 2. The number of alkyl halides is 3. The van der Waals surface area contributed by atoms with Crippen molar-refractivity contribution in [2.45, 2.75) is 12.8 Å². The van der Waals surface area contributed by atoms with Gasteiger partial charge in [-0.2, -0.15) is 0 Å². The van der Waals surface area contributed by atoms with Crippen molar-refractivity contribution < 1.29 is 27.5 Å². The third-order valence-electron chi connectivity index (χ3n) is 5.08. The summed E-state index contributed by atoms with van der Waals surface area (Å²) in [5, 5.41) is 6.23. The van der Waals surface area contributed by atoms with Crippen molar-refractivity contribution in [2.75, 3.05) is 26.0 Å². The number of aromatic nitrogens is 3. The van der Waals surface area contributed by atoms with Crippen molar-refractivity contribution in [1.82, 2.24) is 24.8 Å². The summed E-state index contributed by atoms with van der Waals surface area (Å²) in [6.45, 7) is 0.218. The number of benzene rings is 2. The predicted molar refractivity (Wildman–Crippen MR) is 126 cm³/mol. The molecule has 2 aromatic carbocycles. The first-order valence-electron chi connectivity index (χ1n) is 10.4. The highest BCUT2D eigenvalue weighted by molar-refractivity contribution is 7.22. The zero-order chi connectivity index (χ0) is 25.3. The van der Waals surface area contributed by atoms with Crippen LogP contribution in [0.25, 0.3) is 21.3 Å². The van der Waals surface area contributed by atoms with Crippen molar-refractivity contribution in [2.24, 2.45) is 7.05 Å². The molecule has 0 spiro atoms. The number of rotatable bonds is 7. The van der Waals surface area contributed by atoms with E-state index in [0.29, 0.717) is 32.4 Å². The van der Waals surface area contributed by atoms with E-state index >= 15 is 0 Å². The summed E-state index contributed by atoms with van der Waals surface area (Å²) in [4.78, 5) is 34.5. The van der Waals surface area contributed by atoms with E-state index in [0.717, 1.165) is 16.9 Å². The first-order valence-corrected chi connectivity index (χ1v) is 11.2. The van der Waals surface area contributed by atoms with Gasteiger partial charge in [-0.3, -0.25) is 9.59 Å². The lowest BCUT2D eigenvalue weighted by molar-refractivity contribution is -0.274. The summed E-state index contributed by atoms with van der Waals surface area (Å²) in [5.41, 5.74) is 2.23. The number of imidazole rings is 1. The minimum absolute atomic E-state index is 0.0832. The number of hydrogen-bond acceptors (Lipinski definition) is 7. The molecule has 184 valence electrons. The van der Waals surface area contributed by atoms with E-state index < -0.39 is 6.36 Å². The Kier molecular flexibility index (Phi) is 6.52. The predicted octanol–water partition coefficient (Wildman–Crippen LogP) is 4.03. The summed E-state index contributed by atoms with van der Waals surface area (Å²) < 4.78 is 43.7. The molecule has 2 aromatic heterocycles. The molecule has 0 aliphatic heterocycles. The van der Waals surface area contributed by atoms with Gasteiger partial charge >= 0.3 is 6.36 Å². The number of aryl methyl sites for hydroxylation is 1. The van der Waals surface area contributed by atoms with Crippen LogP contribution in [0.4, 0.5) is 24.3 Å². The Morgan fingerprint density at radius 1 is 1.11 bits per heavy atom. The molecule has 0 bridgehead atoms. The van der Waals surface area contributed by atoms with Crippen LogP contribution in [-0.2, 0) is 11.8 Å². The molecule has 0 unspecified atom stereocenters. The van der Waals surface area contributed by atoms with Crippen molar-refractivity contribution in [3.8, 4) is 5.75 Å². The molecule has 4 rings (SSSR count). The van der Waals surface area contributed by atoms with Gasteiger partial charge < -0.3 is 24.8 Å². The highest BCUT2D eigenvalue weighted by Gasteiger charge is 2.31. The minimum Gasteiger partial charge on any atom is -0.406 e. The fourth-order valence-corrected chi connectivity index (χ4v) is 4.20. The van der Waals surface area contributed by atoms with E-state index in [2.05, 4.69) is 25.3 Å². The van der Waals surface area contributed by atoms with Gasteiger partial charge in [0.15, 0.2) is 5.13 Å². The molecule has 0 radical (unpaired) electrons. The highest BCUT2D eigenvalue weighted by atomic mass is 32.1. The van der Waals surface area contributed by atoms with Gasteiger partial charge in [0, 0.05) is 45.7 Å². The number of halogens is 3. The maximum absolute atomic E-state index is 12.5. The summed E-state index contributed by atoms with van der Waals surface area (Å²) in [6, 6.07) is 8.99. The number of carbonyl (C=O) groups excluding carboxylic acids is 2. The molecular weight excluding hydrogens is 485 g/mol. The molecule has 2 N–H and O–H groups in total. The van der Waals surface area contributed by atoms with Crippen LogP contribution in [0.15, 0.2) is 36.4 Å². The number of ether oxygens (including phenoxy) is 1. The Hall–Kier alpha value is -3.87. The summed E-state index contributed by atoms with van der Waals surface area (Å²) in [5.74, 6) is -0.276. The smallest absolute Gasteiger partial charge is 0.406 e. The molecule has 0 atom stereocenters. The summed E-state index contributed by atoms with van der Waals surface area (Å²) >= 11 is 1.15. The minimum atomic E-state index is -4.77. The van der Waals surface area contributed by atoms with Gasteiger partial charge in [0.1, 0.15) is 5.75 Å². The maximum Gasteiger partial charge on any atom is 0.573 e. The largest absolute Gasteiger partial charge is 0.573 e. The second kappa shape index (κ2) is 9.41. The second-order valence-corrected chi connectivity index (χ2v) is 8.84. The lowest BCUT2D eigenvalue weighted by atomic mass is 10.2. The third-order valence-corrected chi connectivity index (χ3v) is 6.01. The van der Waals surface area contributed by atoms with E-state index in [4.69, 9.17) is 0 Å². The number of nitrogens with one attached hydrogen (secondary N) is 2. The SMILES string of the molecule is CN(C)C(=O)CCNC(=O)c1ccc2c(c1)nc(Nc1nc3ccc(OC(F)(F)F)cc3s1)n2C. The van der Waals surface area contributed by atoms with Crippen LogP contribution >= 0.6 is 11.3 Å². The van der Waals surface area contributed by atoms with E-state index in [1.54, 1.807) is 43.9 Å². The van der Waals surface area contributed by atoms with Gasteiger partial charge in [-0.15, -0.1) is 13.2 Å². The van der Waals surface area contributed by atoms with Crippen LogP contribution in [-0.4, -0.2) is 58.3 Å². The molecule has 4 aromatic rings. The maximum atomic E-state index is 12.5. The first-order chi connectivity index (χ1) is 16.5. The quantitative estimate of drug-likeness (QED) is 0.393. The molecule has 9 nitrogen and oxygen atoms in total. The van der Waals surface area contributed by atoms with E-state index in [9.17, 15) is 22.8 Å².